The smallest absolute Gasteiger partial charge is 0.331 e. The van der Waals surface area contributed by atoms with Gasteiger partial charge in [-0.25, -0.2) is 4.79 Å². The second-order valence-corrected chi connectivity index (χ2v) is 7.91. The summed E-state index contributed by atoms with van der Waals surface area (Å²) in [5.74, 6) is -0.930. The van der Waals surface area contributed by atoms with Crippen LogP contribution in [-0.2, 0) is 17.9 Å². The fourth-order valence-electron chi connectivity index (χ4n) is 3.04. The van der Waals surface area contributed by atoms with Crippen molar-refractivity contribution in [2.75, 3.05) is 5.32 Å². The zero-order chi connectivity index (χ0) is 23.3. The monoisotopic (exact) mass is 454 g/mol. The highest BCUT2D eigenvalue weighted by atomic mass is 35.5. The molecule has 3 rings (SSSR count). The molecule has 0 fully saturated rings. The fourth-order valence-corrected chi connectivity index (χ4v) is 3.21. The molecule has 9 heteroatoms. The van der Waals surface area contributed by atoms with Crippen molar-refractivity contribution in [1.29, 1.82) is 0 Å². The van der Waals surface area contributed by atoms with Crippen LogP contribution in [0.1, 0.15) is 29.8 Å². The first-order valence-corrected chi connectivity index (χ1v) is 10.4. The second kappa shape index (κ2) is 10.1. The van der Waals surface area contributed by atoms with Crippen LogP contribution in [-0.4, -0.2) is 27.0 Å². The van der Waals surface area contributed by atoms with Gasteiger partial charge in [-0.05, 0) is 37.6 Å². The fraction of sp³-hybridized carbons (Fsp3) is 0.217. The van der Waals surface area contributed by atoms with Crippen LogP contribution < -0.4 is 21.9 Å². The van der Waals surface area contributed by atoms with Crippen molar-refractivity contribution in [2.45, 2.75) is 33.0 Å². The van der Waals surface area contributed by atoms with Crippen molar-refractivity contribution in [1.82, 2.24) is 14.5 Å². The molecule has 2 aromatic carbocycles. The molecule has 1 aromatic heterocycles. The SMILES string of the molecule is CC(C)NC(=O)c1ccc(Cl)c(NC(=O)Cn2c(=O)ccn(Cc3ccccc3)c2=O)c1. The Morgan fingerprint density at radius 1 is 1.03 bits per heavy atom. The number of rotatable bonds is 7. The van der Waals surface area contributed by atoms with Crippen LogP contribution >= 0.6 is 11.6 Å². The Kier molecular flexibility index (Phi) is 7.27. The van der Waals surface area contributed by atoms with Crippen LogP contribution in [0.25, 0.3) is 0 Å². The summed E-state index contributed by atoms with van der Waals surface area (Å²) >= 11 is 6.15. The topological polar surface area (TPSA) is 102 Å². The number of carbonyl (C=O) groups excluding carboxylic acids is 2. The lowest BCUT2D eigenvalue weighted by Crippen LogP contribution is -2.41. The Morgan fingerprint density at radius 2 is 1.75 bits per heavy atom. The number of nitrogens with one attached hydrogen (secondary N) is 2. The molecular formula is C23H23ClN4O4. The summed E-state index contributed by atoms with van der Waals surface area (Å²) < 4.78 is 2.20. The van der Waals surface area contributed by atoms with Crippen LogP contribution in [0.2, 0.25) is 5.02 Å². The summed E-state index contributed by atoms with van der Waals surface area (Å²) in [4.78, 5) is 49.8. The third-order valence-corrected chi connectivity index (χ3v) is 4.89. The highest BCUT2D eigenvalue weighted by Gasteiger charge is 2.14. The molecule has 8 nitrogen and oxygen atoms in total. The number of hydrogen-bond donors (Lipinski definition) is 2. The predicted molar refractivity (Wildman–Crippen MR) is 123 cm³/mol. The van der Waals surface area contributed by atoms with Crippen molar-refractivity contribution in [2.24, 2.45) is 0 Å². The maximum atomic E-state index is 12.8. The normalized spacial score (nSPS) is 10.8. The third kappa shape index (κ3) is 5.73. The maximum Gasteiger partial charge on any atom is 0.331 e. The summed E-state index contributed by atoms with van der Waals surface area (Å²) in [7, 11) is 0. The van der Waals surface area contributed by atoms with E-state index in [0.29, 0.717) is 5.56 Å². The van der Waals surface area contributed by atoms with E-state index in [2.05, 4.69) is 10.6 Å². The van der Waals surface area contributed by atoms with Crippen LogP contribution in [0.15, 0.2) is 70.4 Å². The Morgan fingerprint density at radius 3 is 2.44 bits per heavy atom. The molecular weight excluding hydrogens is 432 g/mol. The van der Waals surface area contributed by atoms with Gasteiger partial charge in [0.05, 0.1) is 17.3 Å². The summed E-state index contributed by atoms with van der Waals surface area (Å²) in [5, 5.41) is 5.55. The van der Waals surface area contributed by atoms with Crippen LogP contribution in [0.3, 0.4) is 0 Å². The summed E-state index contributed by atoms with van der Waals surface area (Å²) in [6.45, 7) is 3.43. The number of amides is 2. The van der Waals surface area contributed by atoms with Crippen LogP contribution in [0, 0.1) is 0 Å². The van der Waals surface area contributed by atoms with E-state index in [1.807, 2.05) is 44.2 Å². The first-order valence-electron chi connectivity index (χ1n) is 9.99. The lowest BCUT2D eigenvalue weighted by atomic mass is 10.1. The minimum absolute atomic E-state index is 0.0563. The highest BCUT2D eigenvalue weighted by molar-refractivity contribution is 6.33. The van der Waals surface area contributed by atoms with Gasteiger partial charge < -0.3 is 10.6 Å². The van der Waals surface area contributed by atoms with Gasteiger partial charge in [0.2, 0.25) is 5.91 Å². The molecule has 0 aliphatic carbocycles. The van der Waals surface area contributed by atoms with Gasteiger partial charge in [0, 0.05) is 23.9 Å². The molecule has 3 aromatic rings. The lowest BCUT2D eigenvalue weighted by Gasteiger charge is -2.13. The molecule has 0 saturated carbocycles. The number of hydrogen-bond acceptors (Lipinski definition) is 4. The minimum Gasteiger partial charge on any atom is -0.350 e. The van der Waals surface area contributed by atoms with Crippen molar-refractivity contribution in [3.8, 4) is 0 Å². The lowest BCUT2D eigenvalue weighted by molar-refractivity contribution is -0.116. The molecule has 0 aliphatic heterocycles. The summed E-state index contributed by atoms with van der Waals surface area (Å²) in [6, 6.07) is 14.9. The Hall–Kier alpha value is -3.65. The Bertz CT molecular complexity index is 1250. The van der Waals surface area contributed by atoms with E-state index in [4.69, 9.17) is 11.6 Å². The third-order valence-electron chi connectivity index (χ3n) is 4.56. The van der Waals surface area contributed by atoms with E-state index in [-0.39, 0.29) is 29.2 Å². The van der Waals surface area contributed by atoms with Crippen molar-refractivity contribution in [3.05, 3.63) is 97.8 Å². The molecule has 0 unspecified atom stereocenters. The van der Waals surface area contributed by atoms with Gasteiger partial charge in [0.15, 0.2) is 0 Å². The van der Waals surface area contributed by atoms with Crippen LogP contribution in [0.5, 0.6) is 0 Å². The van der Waals surface area contributed by atoms with Crippen molar-refractivity contribution < 1.29 is 9.59 Å². The number of anilines is 1. The summed E-state index contributed by atoms with van der Waals surface area (Å²) in [6.07, 6.45) is 1.40. The Labute approximate surface area is 189 Å². The van der Waals surface area contributed by atoms with Gasteiger partial charge in [-0.2, -0.15) is 0 Å². The average Bonchev–Trinajstić information content (AvgIpc) is 2.75. The minimum atomic E-state index is -0.620. The van der Waals surface area contributed by atoms with Gasteiger partial charge >= 0.3 is 5.69 Å². The quantitative estimate of drug-likeness (QED) is 0.572. The number of carbonyl (C=O) groups is 2. The zero-order valence-electron chi connectivity index (χ0n) is 17.7. The van der Waals surface area contributed by atoms with Gasteiger partial charge in [-0.15, -0.1) is 0 Å². The average molecular weight is 455 g/mol. The Balaban J connectivity index is 1.79. The van der Waals surface area contributed by atoms with E-state index in [9.17, 15) is 19.2 Å². The number of halogens is 1. The standard InChI is InChI=1S/C23H23ClN4O4/c1-15(2)25-22(31)17-8-9-18(24)19(12-17)26-20(29)14-28-21(30)10-11-27(23(28)32)13-16-6-4-3-5-7-16/h3-12,15H,13-14H2,1-2H3,(H,25,31)(H,26,29). The van der Waals surface area contributed by atoms with E-state index in [0.717, 1.165) is 10.1 Å². The van der Waals surface area contributed by atoms with E-state index in [1.165, 1.54) is 29.0 Å². The maximum absolute atomic E-state index is 12.8. The molecule has 0 radical (unpaired) electrons. The molecule has 2 amide bonds. The molecule has 0 aliphatic rings. The van der Waals surface area contributed by atoms with E-state index in [1.54, 1.807) is 6.07 Å². The molecule has 1 heterocycles. The first-order chi connectivity index (χ1) is 15.2. The molecule has 0 atom stereocenters. The molecule has 0 bridgehead atoms. The molecule has 0 saturated heterocycles. The molecule has 0 spiro atoms. The molecule has 166 valence electrons. The largest absolute Gasteiger partial charge is 0.350 e. The van der Waals surface area contributed by atoms with Gasteiger partial charge in [-0.1, -0.05) is 41.9 Å². The highest BCUT2D eigenvalue weighted by Crippen LogP contribution is 2.23. The van der Waals surface area contributed by atoms with E-state index < -0.39 is 23.7 Å². The zero-order valence-corrected chi connectivity index (χ0v) is 18.4. The number of nitrogens with zero attached hydrogens (tertiary/aromatic N) is 2. The number of aromatic nitrogens is 2. The molecule has 2 N–H and O–H groups in total. The van der Waals surface area contributed by atoms with Gasteiger partial charge in [0.1, 0.15) is 6.54 Å². The van der Waals surface area contributed by atoms with Gasteiger partial charge in [-0.3, -0.25) is 23.5 Å². The first kappa shape index (κ1) is 23.0. The van der Waals surface area contributed by atoms with Crippen molar-refractivity contribution in [3.63, 3.8) is 0 Å². The predicted octanol–water partition coefficient (Wildman–Crippen LogP) is 2.49. The number of benzene rings is 2. The van der Waals surface area contributed by atoms with Crippen LogP contribution in [0.4, 0.5) is 5.69 Å². The second-order valence-electron chi connectivity index (χ2n) is 7.51. The van der Waals surface area contributed by atoms with Crippen molar-refractivity contribution >= 4 is 29.1 Å². The van der Waals surface area contributed by atoms with Gasteiger partial charge in [0.25, 0.3) is 11.5 Å². The van der Waals surface area contributed by atoms with E-state index >= 15 is 0 Å². The summed E-state index contributed by atoms with van der Waals surface area (Å²) in [5.41, 5.74) is 0.216. The molecule has 32 heavy (non-hydrogen) atoms.